The van der Waals surface area contributed by atoms with Gasteiger partial charge in [0, 0.05) is 12.6 Å². The lowest BCUT2D eigenvalue weighted by atomic mass is 10.0. The van der Waals surface area contributed by atoms with E-state index in [4.69, 9.17) is 19.9 Å². The molecule has 1 aromatic carbocycles. The Hall–Kier alpha value is -2.77. The third-order valence-electron chi connectivity index (χ3n) is 4.07. The van der Waals surface area contributed by atoms with Gasteiger partial charge in [0.25, 0.3) is 5.91 Å². The Bertz CT molecular complexity index is 638. The minimum atomic E-state index is -0.682. The molecule has 0 aliphatic carbocycles. The van der Waals surface area contributed by atoms with Crippen LogP contribution in [0.1, 0.15) is 29.6 Å². The summed E-state index contributed by atoms with van der Waals surface area (Å²) in [5.74, 6) is -0.799. The third-order valence-corrected chi connectivity index (χ3v) is 4.07. The van der Waals surface area contributed by atoms with Crippen molar-refractivity contribution in [2.45, 2.75) is 25.3 Å². The summed E-state index contributed by atoms with van der Waals surface area (Å²) in [7, 11) is 2.93. The molecule has 0 unspecified atom stereocenters. The van der Waals surface area contributed by atoms with Crippen LogP contribution in [0.5, 0.6) is 11.5 Å². The number of rotatable bonds is 6. The van der Waals surface area contributed by atoms with E-state index in [2.05, 4.69) is 0 Å². The van der Waals surface area contributed by atoms with Crippen LogP contribution in [-0.4, -0.2) is 56.1 Å². The predicted octanol–water partition coefficient (Wildman–Crippen LogP) is 0.727. The van der Waals surface area contributed by atoms with Crippen molar-refractivity contribution in [2.75, 3.05) is 27.4 Å². The Balaban J connectivity index is 2.01. The second-order valence-electron chi connectivity index (χ2n) is 5.68. The number of hydrogen-bond acceptors (Lipinski definition) is 6. The van der Waals surface area contributed by atoms with Crippen molar-refractivity contribution in [2.24, 2.45) is 5.73 Å². The number of hydrogen-bond donors (Lipinski definition) is 1. The molecule has 136 valence electrons. The number of primary amides is 1. The van der Waals surface area contributed by atoms with E-state index in [9.17, 15) is 14.4 Å². The van der Waals surface area contributed by atoms with E-state index in [1.165, 1.54) is 31.3 Å². The van der Waals surface area contributed by atoms with E-state index in [0.29, 0.717) is 24.5 Å². The zero-order chi connectivity index (χ0) is 18.4. The van der Waals surface area contributed by atoms with Crippen LogP contribution in [-0.2, 0) is 14.3 Å². The van der Waals surface area contributed by atoms with Crippen molar-refractivity contribution in [1.82, 2.24) is 4.90 Å². The molecule has 1 aliphatic heterocycles. The molecule has 0 aromatic heterocycles. The van der Waals surface area contributed by atoms with Gasteiger partial charge in [-0.15, -0.1) is 0 Å². The van der Waals surface area contributed by atoms with Crippen LogP contribution < -0.4 is 15.2 Å². The topological polar surface area (TPSA) is 108 Å². The number of carbonyl (C=O) groups excluding carboxylic acids is 3. The normalized spacial score (nSPS) is 16.9. The molecule has 0 spiro atoms. The van der Waals surface area contributed by atoms with Crippen molar-refractivity contribution in [1.29, 1.82) is 0 Å². The molecule has 0 saturated carbocycles. The number of benzene rings is 1. The van der Waals surface area contributed by atoms with Crippen LogP contribution in [0, 0.1) is 0 Å². The molecule has 1 aromatic rings. The molecule has 2 N–H and O–H groups in total. The molecule has 0 bridgehead atoms. The average Bonchev–Trinajstić information content (AvgIpc) is 2.65. The lowest BCUT2D eigenvalue weighted by Gasteiger charge is -2.33. The minimum absolute atomic E-state index is 0.203. The van der Waals surface area contributed by atoms with Gasteiger partial charge in [-0.3, -0.25) is 9.59 Å². The van der Waals surface area contributed by atoms with Gasteiger partial charge < -0.3 is 24.8 Å². The first kappa shape index (κ1) is 18.6. The van der Waals surface area contributed by atoms with Gasteiger partial charge in [0.15, 0.2) is 6.61 Å². The first-order valence-electron chi connectivity index (χ1n) is 7.95. The Labute approximate surface area is 145 Å². The second-order valence-corrected chi connectivity index (χ2v) is 5.68. The van der Waals surface area contributed by atoms with Crippen LogP contribution in [0.4, 0.5) is 0 Å². The van der Waals surface area contributed by atoms with Crippen molar-refractivity contribution >= 4 is 17.8 Å². The highest BCUT2D eigenvalue weighted by Crippen LogP contribution is 2.23. The van der Waals surface area contributed by atoms with E-state index in [-0.39, 0.29) is 5.56 Å². The van der Waals surface area contributed by atoms with Gasteiger partial charge in [-0.1, -0.05) is 0 Å². The number of likely N-dealkylation sites (tertiary alicyclic amines) is 1. The van der Waals surface area contributed by atoms with Crippen LogP contribution in [0.25, 0.3) is 0 Å². The Kier molecular flexibility index (Phi) is 6.21. The van der Waals surface area contributed by atoms with Crippen LogP contribution in [0.15, 0.2) is 18.2 Å². The SMILES string of the molecule is COc1cc(OC)cc(C(=O)OCC(=O)N2CCCC[C@H]2C(N)=O)c1. The third kappa shape index (κ3) is 4.62. The molecule has 2 amide bonds. The Morgan fingerprint density at radius 1 is 1.12 bits per heavy atom. The molecule has 0 radical (unpaired) electrons. The monoisotopic (exact) mass is 350 g/mol. The number of ether oxygens (including phenoxy) is 3. The molecule has 8 heteroatoms. The summed E-state index contributed by atoms with van der Waals surface area (Å²) in [6.45, 7) is -0.0287. The highest BCUT2D eigenvalue weighted by Gasteiger charge is 2.31. The van der Waals surface area contributed by atoms with Crippen LogP contribution >= 0.6 is 0 Å². The van der Waals surface area contributed by atoms with Gasteiger partial charge in [0.2, 0.25) is 5.91 Å². The molecule has 8 nitrogen and oxygen atoms in total. The summed E-state index contributed by atoms with van der Waals surface area (Å²) in [4.78, 5) is 37.3. The van der Waals surface area contributed by atoms with E-state index >= 15 is 0 Å². The number of nitrogens with two attached hydrogens (primary N) is 1. The first-order valence-corrected chi connectivity index (χ1v) is 7.95. The molecular formula is C17H22N2O6. The van der Waals surface area contributed by atoms with Gasteiger partial charge in [0.1, 0.15) is 17.5 Å². The predicted molar refractivity (Wildman–Crippen MR) is 88.4 cm³/mol. The number of methoxy groups -OCH3 is 2. The summed E-state index contributed by atoms with van der Waals surface area (Å²) < 4.78 is 15.3. The largest absolute Gasteiger partial charge is 0.497 e. The highest BCUT2D eigenvalue weighted by atomic mass is 16.5. The van der Waals surface area contributed by atoms with Crippen molar-refractivity contribution in [3.05, 3.63) is 23.8 Å². The Morgan fingerprint density at radius 2 is 1.76 bits per heavy atom. The summed E-state index contributed by atoms with van der Waals surface area (Å²) in [6.07, 6.45) is 2.15. The highest BCUT2D eigenvalue weighted by molar-refractivity contribution is 5.93. The number of carbonyl (C=O) groups is 3. The van der Waals surface area contributed by atoms with Gasteiger partial charge in [-0.25, -0.2) is 4.79 Å². The maximum atomic E-state index is 12.3. The van der Waals surface area contributed by atoms with Gasteiger partial charge in [-0.05, 0) is 31.4 Å². The summed E-state index contributed by atoms with van der Waals surface area (Å²) in [5, 5.41) is 0. The molecule has 1 heterocycles. The van der Waals surface area contributed by atoms with E-state index < -0.39 is 30.4 Å². The fourth-order valence-electron chi connectivity index (χ4n) is 2.74. The fraction of sp³-hybridized carbons (Fsp3) is 0.471. The molecule has 1 saturated heterocycles. The zero-order valence-corrected chi connectivity index (χ0v) is 14.3. The molecule has 2 rings (SSSR count). The number of esters is 1. The summed E-state index contributed by atoms with van der Waals surface area (Å²) in [5.41, 5.74) is 5.54. The van der Waals surface area contributed by atoms with Crippen molar-refractivity contribution in [3.8, 4) is 11.5 Å². The van der Waals surface area contributed by atoms with Crippen molar-refractivity contribution < 1.29 is 28.6 Å². The lowest BCUT2D eigenvalue weighted by molar-refractivity contribution is -0.143. The molecule has 25 heavy (non-hydrogen) atoms. The van der Waals surface area contributed by atoms with E-state index in [0.717, 1.165) is 12.8 Å². The maximum absolute atomic E-state index is 12.3. The zero-order valence-electron chi connectivity index (χ0n) is 14.3. The summed E-state index contributed by atoms with van der Waals surface area (Å²) in [6, 6.07) is 3.95. The summed E-state index contributed by atoms with van der Waals surface area (Å²) >= 11 is 0. The van der Waals surface area contributed by atoms with Crippen molar-refractivity contribution in [3.63, 3.8) is 0 Å². The maximum Gasteiger partial charge on any atom is 0.338 e. The second kappa shape index (κ2) is 8.36. The molecule has 1 fully saturated rings. The number of piperidine rings is 1. The molecule has 1 aliphatic rings. The molecule has 1 atom stereocenters. The first-order chi connectivity index (χ1) is 12.0. The molecular weight excluding hydrogens is 328 g/mol. The fourth-order valence-corrected chi connectivity index (χ4v) is 2.74. The number of amides is 2. The minimum Gasteiger partial charge on any atom is -0.497 e. The van der Waals surface area contributed by atoms with Crippen LogP contribution in [0.3, 0.4) is 0 Å². The van der Waals surface area contributed by atoms with Gasteiger partial charge >= 0.3 is 5.97 Å². The van der Waals surface area contributed by atoms with Gasteiger partial charge in [-0.2, -0.15) is 0 Å². The van der Waals surface area contributed by atoms with Crippen LogP contribution in [0.2, 0.25) is 0 Å². The quantitative estimate of drug-likeness (QED) is 0.758. The standard InChI is InChI=1S/C17H22N2O6/c1-23-12-7-11(8-13(9-12)24-2)17(22)25-10-15(20)19-6-4-3-5-14(19)16(18)21/h7-9,14H,3-6,10H2,1-2H3,(H2,18,21)/t14-/m0/s1. The average molecular weight is 350 g/mol. The Morgan fingerprint density at radius 3 is 2.32 bits per heavy atom. The van der Waals surface area contributed by atoms with E-state index in [1.807, 2.05) is 0 Å². The van der Waals surface area contributed by atoms with Gasteiger partial charge in [0.05, 0.1) is 19.8 Å². The lowest BCUT2D eigenvalue weighted by Crippen LogP contribution is -2.51. The smallest absolute Gasteiger partial charge is 0.338 e. The van der Waals surface area contributed by atoms with E-state index in [1.54, 1.807) is 6.07 Å². The number of nitrogens with zero attached hydrogens (tertiary/aromatic N) is 1.